The van der Waals surface area contributed by atoms with Crippen molar-refractivity contribution in [1.29, 1.82) is 0 Å². The fraction of sp³-hybridized carbons (Fsp3) is 1.00. The van der Waals surface area contributed by atoms with Crippen LogP contribution in [0.25, 0.3) is 0 Å². The maximum atomic E-state index is 10.2. The van der Waals surface area contributed by atoms with Gasteiger partial charge >= 0.3 is 0 Å². The van der Waals surface area contributed by atoms with Crippen molar-refractivity contribution in [1.82, 2.24) is 0 Å². The van der Waals surface area contributed by atoms with Gasteiger partial charge in [-0.3, -0.25) is 0 Å². The molecule has 4 heteroatoms. The Balaban J connectivity index is 1.65. The quantitative estimate of drug-likeness (QED) is 0.793. The molecule has 0 aromatic carbocycles. The third kappa shape index (κ3) is 2.72. The molecule has 1 N–H and O–H groups in total. The second-order valence-electron chi connectivity index (χ2n) is 5.99. The Labute approximate surface area is 114 Å². The highest BCUT2D eigenvalue weighted by Crippen LogP contribution is 2.43. The zero-order valence-electron chi connectivity index (χ0n) is 11.0. The first-order chi connectivity index (χ1) is 8.79. The molecule has 3 nitrogen and oxygen atoms in total. The molecule has 18 heavy (non-hydrogen) atoms. The summed E-state index contributed by atoms with van der Waals surface area (Å²) in [5.41, 5.74) is 0.130. The average molecular weight is 272 g/mol. The van der Waals surface area contributed by atoms with Crippen molar-refractivity contribution in [2.24, 2.45) is 11.8 Å². The maximum absolute atomic E-state index is 10.2. The number of aliphatic hydroxyl groups is 1. The first-order valence-corrected chi connectivity index (χ1v) is 8.42. The van der Waals surface area contributed by atoms with E-state index in [1.165, 1.54) is 24.3 Å². The van der Waals surface area contributed by atoms with Gasteiger partial charge in [0.2, 0.25) is 0 Å². The topological polar surface area (TPSA) is 38.7 Å². The molecule has 3 heterocycles. The van der Waals surface area contributed by atoms with E-state index in [9.17, 15) is 5.11 Å². The van der Waals surface area contributed by atoms with E-state index in [4.69, 9.17) is 9.47 Å². The minimum atomic E-state index is -0.156. The molecule has 3 rings (SSSR count). The molecule has 3 fully saturated rings. The Morgan fingerprint density at radius 2 is 1.94 bits per heavy atom. The summed E-state index contributed by atoms with van der Waals surface area (Å²) in [6, 6.07) is 0. The van der Waals surface area contributed by atoms with E-state index in [0.717, 1.165) is 39.1 Å². The van der Waals surface area contributed by atoms with Crippen LogP contribution in [0.3, 0.4) is 0 Å². The summed E-state index contributed by atoms with van der Waals surface area (Å²) in [6.45, 7) is 2.35. The van der Waals surface area contributed by atoms with E-state index in [1.807, 2.05) is 11.8 Å². The van der Waals surface area contributed by atoms with Gasteiger partial charge in [0.05, 0.1) is 18.3 Å². The summed E-state index contributed by atoms with van der Waals surface area (Å²) >= 11 is 2.05. The van der Waals surface area contributed by atoms with Crippen LogP contribution >= 0.6 is 11.8 Å². The molecule has 3 aliphatic heterocycles. The predicted octanol–water partition coefficient (Wildman–Crippen LogP) is 2.08. The van der Waals surface area contributed by atoms with Gasteiger partial charge in [-0.15, -0.1) is 0 Å². The van der Waals surface area contributed by atoms with Gasteiger partial charge in [-0.05, 0) is 49.5 Å². The van der Waals surface area contributed by atoms with Crippen LogP contribution in [0.2, 0.25) is 0 Å². The molecule has 0 aliphatic carbocycles. The van der Waals surface area contributed by atoms with E-state index in [1.54, 1.807) is 0 Å². The Morgan fingerprint density at radius 3 is 2.72 bits per heavy atom. The minimum absolute atomic E-state index is 0.130. The van der Waals surface area contributed by atoms with Crippen molar-refractivity contribution in [2.45, 2.75) is 43.8 Å². The summed E-state index contributed by atoms with van der Waals surface area (Å²) in [7, 11) is 0. The van der Waals surface area contributed by atoms with Crippen molar-refractivity contribution in [2.75, 3.05) is 31.3 Å². The van der Waals surface area contributed by atoms with Crippen LogP contribution in [-0.2, 0) is 9.47 Å². The highest BCUT2D eigenvalue weighted by atomic mass is 32.2. The molecule has 0 bridgehead atoms. The van der Waals surface area contributed by atoms with Gasteiger partial charge < -0.3 is 14.6 Å². The third-order valence-corrected chi connectivity index (χ3v) is 5.89. The Bertz CT molecular complexity index is 273. The fourth-order valence-electron chi connectivity index (χ4n) is 3.72. The molecule has 0 saturated carbocycles. The predicted molar refractivity (Wildman–Crippen MR) is 72.9 cm³/mol. The van der Waals surface area contributed by atoms with Gasteiger partial charge in [-0.25, -0.2) is 0 Å². The molecule has 0 amide bonds. The van der Waals surface area contributed by atoms with Crippen LogP contribution in [0.1, 0.15) is 32.1 Å². The lowest BCUT2D eigenvalue weighted by Gasteiger charge is -2.46. The van der Waals surface area contributed by atoms with Crippen LogP contribution in [0.15, 0.2) is 0 Å². The SMILES string of the molecule is OC1CCOCC1C1CCOC2(CCSCC2)C1. The van der Waals surface area contributed by atoms with Crippen LogP contribution in [0, 0.1) is 11.8 Å². The summed E-state index contributed by atoms with van der Waals surface area (Å²) in [4.78, 5) is 0. The molecule has 104 valence electrons. The van der Waals surface area contributed by atoms with Crippen LogP contribution < -0.4 is 0 Å². The van der Waals surface area contributed by atoms with Crippen LogP contribution in [0.4, 0.5) is 0 Å². The molecule has 3 saturated heterocycles. The second kappa shape index (κ2) is 5.70. The van der Waals surface area contributed by atoms with Crippen molar-refractivity contribution in [3.8, 4) is 0 Å². The average Bonchev–Trinajstić information content (AvgIpc) is 2.40. The number of rotatable bonds is 1. The summed E-state index contributed by atoms with van der Waals surface area (Å²) in [6.07, 6.45) is 5.27. The van der Waals surface area contributed by atoms with Crippen molar-refractivity contribution in [3.05, 3.63) is 0 Å². The molecule has 3 unspecified atom stereocenters. The standard InChI is InChI=1S/C14H24O3S/c15-13-2-5-16-10-12(13)11-1-6-17-14(9-11)3-7-18-8-4-14/h11-13,15H,1-10H2. The van der Waals surface area contributed by atoms with Gasteiger partial charge in [-0.2, -0.15) is 11.8 Å². The fourth-order valence-corrected chi connectivity index (χ4v) is 4.96. The normalized spacial score (nSPS) is 40.8. The summed E-state index contributed by atoms with van der Waals surface area (Å²) in [5, 5.41) is 10.2. The number of ether oxygens (including phenoxy) is 2. The first kappa shape index (κ1) is 13.2. The number of hydrogen-bond acceptors (Lipinski definition) is 4. The summed E-state index contributed by atoms with van der Waals surface area (Å²) in [5.74, 6) is 3.40. The lowest BCUT2D eigenvalue weighted by molar-refractivity contribution is -0.137. The Kier molecular flexibility index (Phi) is 4.18. The highest BCUT2D eigenvalue weighted by molar-refractivity contribution is 7.99. The van der Waals surface area contributed by atoms with E-state index in [0.29, 0.717) is 11.8 Å². The third-order valence-electron chi connectivity index (χ3n) is 4.90. The zero-order chi connectivity index (χ0) is 12.4. The molecule has 1 spiro atoms. The lowest BCUT2D eigenvalue weighted by atomic mass is 9.73. The molecular formula is C14H24O3S. The lowest BCUT2D eigenvalue weighted by Crippen LogP contribution is -2.47. The molecule has 0 aromatic heterocycles. The molecular weight excluding hydrogens is 248 g/mol. The zero-order valence-corrected chi connectivity index (χ0v) is 11.8. The number of aliphatic hydroxyl groups excluding tert-OH is 1. The Hall–Kier alpha value is 0.230. The van der Waals surface area contributed by atoms with Gasteiger partial charge in [0.25, 0.3) is 0 Å². The van der Waals surface area contributed by atoms with Crippen molar-refractivity contribution < 1.29 is 14.6 Å². The van der Waals surface area contributed by atoms with Crippen LogP contribution in [-0.4, -0.2) is 48.1 Å². The monoisotopic (exact) mass is 272 g/mol. The largest absolute Gasteiger partial charge is 0.393 e. The highest BCUT2D eigenvalue weighted by Gasteiger charge is 2.43. The van der Waals surface area contributed by atoms with Gasteiger partial charge in [0.1, 0.15) is 0 Å². The minimum Gasteiger partial charge on any atom is -0.393 e. The first-order valence-electron chi connectivity index (χ1n) is 7.27. The van der Waals surface area contributed by atoms with Crippen molar-refractivity contribution in [3.63, 3.8) is 0 Å². The van der Waals surface area contributed by atoms with E-state index in [-0.39, 0.29) is 11.7 Å². The van der Waals surface area contributed by atoms with E-state index in [2.05, 4.69) is 0 Å². The van der Waals surface area contributed by atoms with Gasteiger partial charge in [0, 0.05) is 19.1 Å². The second-order valence-corrected chi connectivity index (χ2v) is 7.22. The maximum Gasteiger partial charge on any atom is 0.0701 e. The number of thioether (sulfide) groups is 1. The Morgan fingerprint density at radius 1 is 1.11 bits per heavy atom. The van der Waals surface area contributed by atoms with E-state index >= 15 is 0 Å². The molecule has 0 radical (unpaired) electrons. The smallest absolute Gasteiger partial charge is 0.0701 e. The summed E-state index contributed by atoms with van der Waals surface area (Å²) < 4.78 is 11.7. The molecule has 3 aliphatic rings. The van der Waals surface area contributed by atoms with E-state index < -0.39 is 0 Å². The number of hydrogen-bond donors (Lipinski definition) is 1. The molecule has 0 aromatic rings. The van der Waals surface area contributed by atoms with Crippen molar-refractivity contribution >= 4 is 11.8 Å². The van der Waals surface area contributed by atoms with Crippen LogP contribution in [0.5, 0.6) is 0 Å². The molecule has 3 atom stereocenters. The van der Waals surface area contributed by atoms with Gasteiger partial charge in [0.15, 0.2) is 0 Å². The van der Waals surface area contributed by atoms with Gasteiger partial charge in [-0.1, -0.05) is 0 Å².